The molecule has 0 saturated carbocycles. The summed E-state index contributed by atoms with van der Waals surface area (Å²) >= 11 is 0. The predicted molar refractivity (Wildman–Crippen MR) is 125 cm³/mol. The van der Waals surface area contributed by atoms with E-state index < -0.39 is 5.41 Å². The van der Waals surface area contributed by atoms with Crippen molar-refractivity contribution >= 4 is 11.8 Å². The first-order valence-electron chi connectivity index (χ1n) is 11.0. The van der Waals surface area contributed by atoms with Gasteiger partial charge in [0, 0.05) is 13.1 Å². The Kier molecular flexibility index (Phi) is 6.55. The number of carbonyl (C=O) groups excluding carboxylic acids is 2. The quantitative estimate of drug-likeness (QED) is 0.617. The van der Waals surface area contributed by atoms with Crippen LogP contribution < -0.4 is 10.5 Å². The highest BCUT2D eigenvalue weighted by Gasteiger charge is 2.41. The van der Waals surface area contributed by atoms with Gasteiger partial charge in [-0.3, -0.25) is 9.59 Å². The second kappa shape index (κ2) is 9.69. The summed E-state index contributed by atoms with van der Waals surface area (Å²) in [5, 5.41) is 0. The number of hydrogen-bond donors (Lipinski definition) is 1. The van der Waals surface area contributed by atoms with Gasteiger partial charge in [0.2, 0.25) is 5.91 Å². The van der Waals surface area contributed by atoms with Crippen molar-refractivity contribution in [2.45, 2.75) is 19.3 Å². The number of para-hydroxylation sites is 1. The number of carbonyl (C=O) groups is 2. The first kappa shape index (κ1) is 21.6. The van der Waals surface area contributed by atoms with Gasteiger partial charge >= 0.3 is 0 Å². The van der Waals surface area contributed by atoms with Crippen molar-refractivity contribution in [1.29, 1.82) is 0 Å². The molecule has 0 aromatic heterocycles. The summed E-state index contributed by atoms with van der Waals surface area (Å²) in [6, 6.07) is 27.8. The first-order chi connectivity index (χ1) is 15.6. The Morgan fingerprint density at radius 1 is 0.812 bits per heavy atom. The molecule has 3 aromatic rings. The normalized spacial score (nSPS) is 15.2. The topological polar surface area (TPSA) is 72.6 Å². The Morgan fingerprint density at radius 3 is 1.97 bits per heavy atom. The number of ether oxygens (including phenoxy) is 1. The van der Waals surface area contributed by atoms with Crippen LogP contribution in [0.15, 0.2) is 84.9 Å². The number of amides is 2. The maximum Gasteiger partial charge on any atom is 0.260 e. The molecule has 2 N–H and O–H groups in total. The van der Waals surface area contributed by atoms with Crippen LogP contribution in [0.4, 0.5) is 0 Å². The molecule has 0 unspecified atom stereocenters. The summed E-state index contributed by atoms with van der Waals surface area (Å²) in [4.78, 5) is 26.8. The molecule has 1 aliphatic rings. The lowest BCUT2D eigenvalue weighted by Gasteiger charge is -2.39. The van der Waals surface area contributed by atoms with Crippen LogP contribution in [0.5, 0.6) is 5.75 Å². The van der Waals surface area contributed by atoms with Crippen molar-refractivity contribution in [3.05, 3.63) is 90.5 Å². The molecule has 0 spiro atoms. The van der Waals surface area contributed by atoms with Crippen molar-refractivity contribution in [3.63, 3.8) is 0 Å². The van der Waals surface area contributed by atoms with E-state index in [1.165, 1.54) is 0 Å². The molecule has 1 aliphatic heterocycles. The molecule has 0 radical (unpaired) electrons. The molecular weight excluding hydrogens is 400 g/mol. The molecule has 5 nitrogen and oxygen atoms in total. The monoisotopic (exact) mass is 428 g/mol. The van der Waals surface area contributed by atoms with Crippen molar-refractivity contribution in [1.82, 2.24) is 4.90 Å². The molecule has 164 valence electrons. The van der Waals surface area contributed by atoms with E-state index in [4.69, 9.17) is 10.5 Å². The van der Waals surface area contributed by atoms with E-state index in [9.17, 15) is 9.59 Å². The third kappa shape index (κ3) is 4.99. The van der Waals surface area contributed by atoms with Crippen LogP contribution in [0.3, 0.4) is 0 Å². The summed E-state index contributed by atoms with van der Waals surface area (Å²) in [5.74, 6) is 0.305. The summed E-state index contributed by atoms with van der Waals surface area (Å²) < 4.78 is 5.58. The van der Waals surface area contributed by atoms with Crippen molar-refractivity contribution in [2.24, 2.45) is 11.1 Å². The smallest absolute Gasteiger partial charge is 0.260 e. The number of hydrogen-bond acceptors (Lipinski definition) is 3. The third-order valence-corrected chi connectivity index (χ3v) is 6.31. The maximum absolute atomic E-state index is 12.6. The maximum atomic E-state index is 12.6. The number of benzene rings is 3. The minimum atomic E-state index is -0.634. The molecular formula is C27H28N2O3. The van der Waals surface area contributed by atoms with E-state index in [1.807, 2.05) is 48.5 Å². The fraction of sp³-hybridized carbons (Fsp3) is 0.259. The average Bonchev–Trinajstić information content (AvgIpc) is 2.84. The zero-order valence-electron chi connectivity index (χ0n) is 18.1. The summed E-state index contributed by atoms with van der Waals surface area (Å²) in [6.07, 6.45) is 1.69. The number of piperidine rings is 1. The number of nitrogens with two attached hydrogens (primary N) is 1. The molecule has 0 atom stereocenters. The molecule has 1 fully saturated rings. The SMILES string of the molecule is NC(=O)C1(Cc2ccc(-c3ccccc3)cc2)CCN(C(=O)COc2ccccc2)CC1. The Morgan fingerprint density at radius 2 is 1.38 bits per heavy atom. The fourth-order valence-corrected chi connectivity index (χ4v) is 4.28. The van der Waals surface area contributed by atoms with Gasteiger partial charge in [0.1, 0.15) is 5.75 Å². The van der Waals surface area contributed by atoms with Crippen LogP contribution in [0.1, 0.15) is 18.4 Å². The van der Waals surface area contributed by atoms with Crippen LogP contribution >= 0.6 is 0 Å². The molecule has 32 heavy (non-hydrogen) atoms. The van der Waals surface area contributed by atoms with E-state index in [0.29, 0.717) is 38.1 Å². The highest BCUT2D eigenvalue weighted by Crippen LogP contribution is 2.35. The minimum Gasteiger partial charge on any atom is -0.484 e. The van der Waals surface area contributed by atoms with E-state index in [0.717, 1.165) is 16.7 Å². The molecule has 4 rings (SSSR count). The third-order valence-electron chi connectivity index (χ3n) is 6.31. The molecule has 0 bridgehead atoms. The van der Waals surface area contributed by atoms with E-state index in [1.54, 1.807) is 4.90 Å². The second-order valence-electron chi connectivity index (χ2n) is 8.37. The van der Waals surface area contributed by atoms with Gasteiger partial charge in [-0.1, -0.05) is 72.8 Å². The molecule has 0 aliphatic carbocycles. The van der Waals surface area contributed by atoms with E-state index in [-0.39, 0.29) is 18.4 Å². The van der Waals surface area contributed by atoms with Crippen LogP contribution in [-0.4, -0.2) is 36.4 Å². The predicted octanol–water partition coefficient (Wildman–Crippen LogP) is 4.07. The average molecular weight is 429 g/mol. The number of likely N-dealkylation sites (tertiary alicyclic amines) is 1. The zero-order valence-corrected chi connectivity index (χ0v) is 18.1. The highest BCUT2D eigenvalue weighted by molar-refractivity contribution is 5.82. The molecule has 5 heteroatoms. The second-order valence-corrected chi connectivity index (χ2v) is 8.37. The Hall–Kier alpha value is -3.60. The summed E-state index contributed by atoms with van der Waals surface area (Å²) in [5.41, 5.74) is 8.61. The number of primary amides is 1. The number of nitrogens with zero attached hydrogens (tertiary/aromatic N) is 1. The van der Waals surface area contributed by atoms with Gasteiger partial charge < -0.3 is 15.4 Å². The molecule has 3 aromatic carbocycles. The van der Waals surface area contributed by atoms with Crippen LogP contribution in [0, 0.1) is 5.41 Å². The van der Waals surface area contributed by atoms with Crippen molar-refractivity contribution in [3.8, 4) is 16.9 Å². The Bertz CT molecular complexity index is 1040. The largest absolute Gasteiger partial charge is 0.484 e. The van der Waals surface area contributed by atoms with Gasteiger partial charge in [-0.25, -0.2) is 0 Å². The van der Waals surface area contributed by atoms with Crippen LogP contribution in [0.25, 0.3) is 11.1 Å². The Balaban J connectivity index is 1.36. The lowest BCUT2D eigenvalue weighted by molar-refractivity contribution is -0.140. The molecule has 2 amide bonds. The van der Waals surface area contributed by atoms with Crippen molar-refractivity contribution in [2.75, 3.05) is 19.7 Å². The van der Waals surface area contributed by atoms with E-state index >= 15 is 0 Å². The van der Waals surface area contributed by atoms with Gasteiger partial charge in [0.15, 0.2) is 6.61 Å². The van der Waals surface area contributed by atoms with Gasteiger partial charge in [0.05, 0.1) is 5.41 Å². The van der Waals surface area contributed by atoms with Crippen LogP contribution in [-0.2, 0) is 16.0 Å². The molecule has 1 heterocycles. The zero-order chi connectivity index (χ0) is 22.4. The molecule has 1 saturated heterocycles. The van der Waals surface area contributed by atoms with Gasteiger partial charge in [-0.2, -0.15) is 0 Å². The fourth-order valence-electron chi connectivity index (χ4n) is 4.28. The summed E-state index contributed by atoms with van der Waals surface area (Å²) in [7, 11) is 0. The lowest BCUT2D eigenvalue weighted by atomic mass is 9.73. The minimum absolute atomic E-state index is 0.00542. The van der Waals surface area contributed by atoms with Gasteiger partial charge in [0.25, 0.3) is 5.91 Å². The highest BCUT2D eigenvalue weighted by atomic mass is 16.5. The van der Waals surface area contributed by atoms with E-state index in [2.05, 4.69) is 36.4 Å². The lowest BCUT2D eigenvalue weighted by Crippen LogP contribution is -2.50. The van der Waals surface area contributed by atoms with Gasteiger partial charge in [-0.15, -0.1) is 0 Å². The standard InChI is InChI=1S/C27H28N2O3/c28-26(31)27(19-21-11-13-23(14-12-21)22-7-3-1-4-8-22)15-17-29(18-16-27)25(30)20-32-24-9-5-2-6-10-24/h1-14H,15-20H2,(H2,28,31). The Labute approximate surface area is 188 Å². The number of rotatable bonds is 7. The first-order valence-corrected chi connectivity index (χ1v) is 11.0. The van der Waals surface area contributed by atoms with Crippen LogP contribution in [0.2, 0.25) is 0 Å². The summed E-state index contributed by atoms with van der Waals surface area (Å²) in [6.45, 7) is 0.999. The van der Waals surface area contributed by atoms with Gasteiger partial charge in [-0.05, 0) is 48.1 Å². The van der Waals surface area contributed by atoms with Crippen molar-refractivity contribution < 1.29 is 14.3 Å².